The van der Waals surface area contributed by atoms with E-state index in [9.17, 15) is 8.42 Å². The van der Waals surface area contributed by atoms with Gasteiger partial charge in [-0.05, 0) is 56.3 Å². The molecule has 1 aromatic carbocycles. The van der Waals surface area contributed by atoms with Crippen LogP contribution in [0.25, 0.3) is 0 Å². The molecule has 0 aromatic heterocycles. The normalized spacial score (nSPS) is 23.6. The van der Waals surface area contributed by atoms with Gasteiger partial charge in [0.2, 0.25) is 10.0 Å². The lowest BCUT2D eigenvalue weighted by Gasteiger charge is -2.16. The number of rotatable bonds is 5. The van der Waals surface area contributed by atoms with Gasteiger partial charge in [-0.2, -0.15) is 0 Å². The molecule has 116 valence electrons. The number of benzene rings is 1. The van der Waals surface area contributed by atoms with E-state index in [0.29, 0.717) is 28.6 Å². The topological polar surface area (TPSA) is 75.4 Å². The van der Waals surface area contributed by atoms with Gasteiger partial charge in [0.1, 0.15) is 0 Å². The molecule has 0 spiro atoms. The van der Waals surface area contributed by atoms with Crippen LogP contribution in [0.1, 0.15) is 24.8 Å². The van der Waals surface area contributed by atoms with E-state index < -0.39 is 10.0 Å². The molecule has 5 nitrogen and oxygen atoms in total. The molecule has 1 aromatic rings. The first-order valence-electron chi connectivity index (χ1n) is 7.56. The summed E-state index contributed by atoms with van der Waals surface area (Å²) in [6, 6.07) is 5.78. The highest BCUT2D eigenvalue weighted by Crippen LogP contribution is 2.31. The maximum atomic E-state index is 12.4. The van der Waals surface area contributed by atoms with Gasteiger partial charge in [0.05, 0.1) is 4.90 Å². The third-order valence-electron chi connectivity index (χ3n) is 4.56. The van der Waals surface area contributed by atoms with Crippen LogP contribution >= 0.6 is 0 Å². The lowest BCUT2D eigenvalue weighted by molar-refractivity contribution is 0.314. The summed E-state index contributed by atoms with van der Waals surface area (Å²) in [4.78, 5) is 2.78. The molecule has 1 unspecified atom stereocenters. The van der Waals surface area contributed by atoms with Crippen molar-refractivity contribution in [1.29, 1.82) is 0 Å². The molecule has 1 aliphatic heterocycles. The van der Waals surface area contributed by atoms with Gasteiger partial charge >= 0.3 is 0 Å². The van der Waals surface area contributed by atoms with Gasteiger partial charge < -0.3 is 10.6 Å². The van der Waals surface area contributed by atoms with E-state index in [2.05, 4.69) is 9.62 Å². The summed E-state index contributed by atoms with van der Waals surface area (Å²) in [6.07, 6.45) is 3.69. The Bertz CT molecular complexity index is 626. The van der Waals surface area contributed by atoms with Crippen LogP contribution in [0.15, 0.2) is 23.1 Å². The summed E-state index contributed by atoms with van der Waals surface area (Å²) < 4.78 is 27.6. The molecule has 1 aliphatic carbocycles. The monoisotopic (exact) mass is 309 g/mol. The van der Waals surface area contributed by atoms with Gasteiger partial charge in [-0.3, -0.25) is 0 Å². The maximum absolute atomic E-state index is 12.4. The Kier molecular flexibility index (Phi) is 3.94. The van der Waals surface area contributed by atoms with Crippen LogP contribution in [-0.2, 0) is 10.0 Å². The lowest BCUT2D eigenvalue weighted by atomic mass is 10.1. The first-order valence-corrected chi connectivity index (χ1v) is 9.04. The second-order valence-electron chi connectivity index (χ2n) is 6.20. The van der Waals surface area contributed by atoms with Crippen molar-refractivity contribution in [2.75, 3.05) is 25.4 Å². The Morgan fingerprint density at radius 2 is 2.10 bits per heavy atom. The van der Waals surface area contributed by atoms with Crippen molar-refractivity contribution in [3.05, 3.63) is 23.8 Å². The van der Waals surface area contributed by atoms with E-state index in [4.69, 9.17) is 5.73 Å². The number of nitrogens with zero attached hydrogens (tertiary/aromatic N) is 1. The van der Waals surface area contributed by atoms with Gasteiger partial charge in [0, 0.05) is 24.8 Å². The third kappa shape index (κ3) is 3.22. The van der Waals surface area contributed by atoms with Crippen LogP contribution in [0.5, 0.6) is 0 Å². The number of hydrogen-bond donors (Lipinski definition) is 2. The molecule has 0 amide bonds. The molecule has 21 heavy (non-hydrogen) atoms. The molecule has 0 radical (unpaired) electrons. The first kappa shape index (κ1) is 14.8. The molecule has 0 bridgehead atoms. The van der Waals surface area contributed by atoms with E-state index in [1.165, 1.54) is 12.8 Å². The van der Waals surface area contributed by atoms with Crippen LogP contribution in [0, 0.1) is 12.8 Å². The van der Waals surface area contributed by atoms with Crippen LogP contribution in [0.2, 0.25) is 0 Å². The van der Waals surface area contributed by atoms with Gasteiger partial charge in [-0.1, -0.05) is 6.07 Å². The molecule has 2 fully saturated rings. The third-order valence-corrected chi connectivity index (χ3v) is 6.13. The summed E-state index contributed by atoms with van der Waals surface area (Å²) in [5.74, 6) is 0.418. The Hall–Kier alpha value is -1.11. The van der Waals surface area contributed by atoms with Crippen LogP contribution < -0.4 is 10.5 Å². The molecule has 1 saturated carbocycles. The quantitative estimate of drug-likeness (QED) is 0.805. The van der Waals surface area contributed by atoms with Crippen LogP contribution in [-0.4, -0.2) is 39.0 Å². The summed E-state index contributed by atoms with van der Waals surface area (Å²) in [6.45, 7) is 4.38. The zero-order chi connectivity index (χ0) is 15.0. The Balaban J connectivity index is 1.62. The number of likely N-dealkylation sites (tertiary alicyclic amines) is 1. The standard InChI is InChI=1S/C15H23N3O2S/c1-11-14(16)3-2-4-15(11)21(19,20)17-9-12-7-8-18(10-12)13-5-6-13/h2-4,12-13,17H,5-10,16H2,1H3. The predicted molar refractivity (Wildman–Crippen MR) is 83.5 cm³/mol. The van der Waals surface area contributed by atoms with E-state index in [-0.39, 0.29) is 0 Å². The van der Waals surface area contributed by atoms with Crippen molar-refractivity contribution in [3.8, 4) is 0 Å². The van der Waals surface area contributed by atoms with E-state index >= 15 is 0 Å². The highest BCUT2D eigenvalue weighted by Gasteiger charge is 2.34. The van der Waals surface area contributed by atoms with Gasteiger partial charge in [-0.25, -0.2) is 13.1 Å². The van der Waals surface area contributed by atoms with E-state index in [0.717, 1.165) is 25.6 Å². The van der Waals surface area contributed by atoms with Crippen molar-refractivity contribution in [2.45, 2.75) is 37.1 Å². The molecular formula is C15H23N3O2S. The molecule has 3 rings (SSSR count). The van der Waals surface area contributed by atoms with Crippen LogP contribution in [0.4, 0.5) is 5.69 Å². The molecular weight excluding hydrogens is 286 g/mol. The zero-order valence-corrected chi connectivity index (χ0v) is 13.2. The van der Waals surface area contributed by atoms with E-state index in [1.807, 2.05) is 0 Å². The smallest absolute Gasteiger partial charge is 0.240 e. The van der Waals surface area contributed by atoms with Crippen molar-refractivity contribution < 1.29 is 8.42 Å². The molecule has 6 heteroatoms. The average Bonchev–Trinajstić information content (AvgIpc) is 3.19. The lowest BCUT2D eigenvalue weighted by Crippen LogP contribution is -2.32. The molecule has 1 heterocycles. The number of anilines is 1. The number of nitrogens with one attached hydrogen (secondary N) is 1. The fourth-order valence-corrected chi connectivity index (χ4v) is 4.42. The summed E-state index contributed by atoms with van der Waals surface area (Å²) in [5.41, 5.74) is 6.93. The summed E-state index contributed by atoms with van der Waals surface area (Å²) in [7, 11) is -3.47. The summed E-state index contributed by atoms with van der Waals surface area (Å²) in [5, 5.41) is 0. The maximum Gasteiger partial charge on any atom is 0.240 e. The zero-order valence-electron chi connectivity index (χ0n) is 12.4. The second kappa shape index (κ2) is 5.59. The number of nitrogen functional groups attached to an aromatic ring is 1. The largest absolute Gasteiger partial charge is 0.398 e. The number of sulfonamides is 1. The van der Waals surface area contributed by atoms with Crippen LogP contribution in [0.3, 0.4) is 0 Å². The van der Waals surface area contributed by atoms with Gasteiger partial charge in [0.25, 0.3) is 0 Å². The highest BCUT2D eigenvalue weighted by molar-refractivity contribution is 7.89. The average molecular weight is 309 g/mol. The molecule has 3 N–H and O–H groups in total. The predicted octanol–water partition coefficient (Wildman–Crippen LogP) is 1.34. The van der Waals surface area contributed by atoms with Crippen molar-refractivity contribution >= 4 is 15.7 Å². The highest BCUT2D eigenvalue weighted by atomic mass is 32.2. The van der Waals surface area contributed by atoms with Gasteiger partial charge in [-0.15, -0.1) is 0 Å². The minimum absolute atomic E-state index is 0.291. The first-order chi connectivity index (χ1) is 9.97. The Labute approximate surface area is 126 Å². The second-order valence-corrected chi connectivity index (χ2v) is 7.94. The van der Waals surface area contributed by atoms with E-state index in [1.54, 1.807) is 25.1 Å². The fourth-order valence-electron chi connectivity index (χ4n) is 3.03. The van der Waals surface area contributed by atoms with Crippen molar-refractivity contribution in [3.63, 3.8) is 0 Å². The summed E-state index contributed by atoms with van der Waals surface area (Å²) >= 11 is 0. The van der Waals surface area contributed by atoms with Crippen molar-refractivity contribution in [1.82, 2.24) is 9.62 Å². The minimum Gasteiger partial charge on any atom is -0.398 e. The Morgan fingerprint density at radius 1 is 1.33 bits per heavy atom. The van der Waals surface area contributed by atoms with Gasteiger partial charge in [0.15, 0.2) is 0 Å². The molecule has 1 saturated heterocycles. The minimum atomic E-state index is -3.47. The number of nitrogens with two attached hydrogens (primary N) is 1. The van der Waals surface area contributed by atoms with Crippen molar-refractivity contribution in [2.24, 2.45) is 5.92 Å². The Morgan fingerprint density at radius 3 is 2.81 bits per heavy atom. The number of hydrogen-bond acceptors (Lipinski definition) is 4. The SMILES string of the molecule is Cc1c(N)cccc1S(=O)(=O)NCC1CCN(C2CC2)C1. The fraction of sp³-hybridized carbons (Fsp3) is 0.600. The molecule has 2 aliphatic rings. The molecule has 1 atom stereocenters.